The second kappa shape index (κ2) is 8.38. The molecule has 2 saturated carbocycles. The Hall–Kier alpha value is -3.35. The molecule has 1 aromatic heterocycles. The fourth-order valence-corrected chi connectivity index (χ4v) is 13.7. The molecule has 1 saturated heterocycles. The Kier molecular flexibility index (Phi) is 4.86. The molecule has 1 N–H and O–H groups in total. The third kappa shape index (κ3) is 2.60. The van der Waals surface area contributed by atoms with Gasteiger partial charge in [0.1, 0.15) is 0 Å². The van der Waals surface area contributed by atoms with Crippen LogP contribution >= 0.6 is 0 Å². The second-order valence-electron chi connectivity index (χ2n) is 16.0. The highest BCUT2D eigenvalue weighted by Crippen LogP contribution is 2.79. The van der Waals surface area contributed by atoms with Crippen LogP contribution in [0.25, 0.3) is 10.9 Å². The van der Waals surface area contributed by atoms with Gasteiger partial charge in [0.05, 0.1) is 30.7 Å². The normalized spacial score (nSPS) is 42.1. The number of benzene rings is 2. The third-order valence-corrected chi connectivity index (χ3v) is 15.2. The number of nitrogens with zero attached hydrogens (tertiary/aromatic N) is 3. The minimum absolute atomic E-state index is 0.00924. The van der Waals surface area contributed by atoms with Crippen LogP contribution in [0.4, 0.5) is 5.69 Å². The van der Waals surface area contributed by atoms with Crippen molar-refractivity contribution in [3.05, 3.63) is 89.2 Å². The fraction of sp³-hybridized carbons (Fsp3) is 0.525. The van der Waals surface area contributed by atoms with E-state index < -0.39 is 0 Å². The van der Waals surface area contributed by atoms with Crippen molar-refractivity contribution >= 4 is 22.6 Å². The van der Waals surface area contributed by atoms with Crippen LogP contribution in [0.3, 0.4) is 0 Å². The maximum atomic E-state index is 13.7. The Labute approximate surface area is 271 Å². The molecule has 46 heavy (non-hydrogen) atoms. The van der Waals surface area contributed by atoms with Crippen LogP contribution in [0.5, 0.6) is 0 Å². The number of hydrogen-bond donors (Lipinski definition) is 1. The van der Waals surface area contributed by atoms with Crippen molar-refractivity contribution in [2.75, 3.05) is 38.6 Å². The van der Waals surface area contributed by atoms with E-state index in [1.807, 2.05) is 0 Å². The van der Waals surface area contributed by atoms with E-state index in [2.05, 4.69) is 100 Å². The molecular weight excluding hydrogens is 568 g/mol. The largest absolute Gasteiger partial charge is 0.469 e. The molecule has 6 aliphatic heterocycles. The molecule has 6 nitrogen and oxygen atoms in total. The average Bonchev–Trinajstić information content (AvgIpc) is 3.84. The van der Waals surface area contributed by atoms with Crippen LogP contribution in [-0.2, 0) is 21.4 Å². The molecule has 2 aliphatic carbocycles. The van der Waals surface area contributed by atoms with Crippen LogP contribution in [0.15, 0.2) is 66.8 Å². The number of nitrogens with one attached hydrogen (secondary N) is 1. The van der Waals surface area contributed by atoms with E-state index in [1.165, 1.54) is 27.7 Å². The number of fused-ring (bicyclic) bond motifs is 4. The van der Waals surface area contributed by atoms with Crippen molar-refractivity contribution < 1.29 is 9.53 Å². The van der Waals surface area contributed by atoms with Gasteiger partial charge in [-0.15, -0.1) is 0 Å². The van der Waals surface area contributed by atoms with E-state index in [9.17, 15) is 4.79 Å². The molecule has 7 heterocycles. The van der Waals surface area contributed by atoms with Crippen molar-refractivity contribution in [3.63, 3.8) is 0 Å². The predicted molar refractivity (Wildman–Crippen MR) is 180 cm³/mol. The average molecular weight is 613 g/mol. The zero-order valence-corrected chi connectivity index (χ0v) is 27.3. The number of methoxy groups -OCH3 is 1. The Balaban J connectivity index is 1.14. The highest BCUT2D eigenvalue weighted by Gasteiger charge is 2.85. The summed E-state index contributed by atoms with van der Waals surface area (Å²) in [4.78, 5) is 19.2. The van der Waals surface area contributed by atoms with Gasteiger partial charge < -0.3 is 14.6 Å². The molecule has 9 atom stereocenters. The summed E-state index contributed by atoms with van der Waals surface area (Å²) in [7, 11) is 1.58. The van der Waals surface area contributed by atoms with Gasteiger partial charge in [0, 0.05) is 64.2 Å². The number of anilines is 1. The van der Waals surface area contributed by atoms with E-state index >= 15 is 0 Å². The van der Waals surface area contributed by atoms with E-state index in [4.69, 9.17) is 4.74 Å². The summed E-state index contributed by atoms with van der Waals surface area (Å²) in [5.41, 5.74) is 8.38. The standard InChI is InChI=1S/C40H44N4O2/c1-4-37-14-7-17-42-19-13-27-26-9-5-6-10-31(26)44(33(27)34(37)42)32(23-37)25-11-12-30-28(21-25)39-16-20-43-18-8-15-38(36(39)43)22-29(35(45)46-3)40(39,41-30)24(38)2/h5-12,14-15,21,24,29,32,34,36,41H,4,13,16-20,22-23H2,1-3H3. The summed E-state index contributed by atoms with van der Waals surface area (Å²) >= 11 is 0. The van der Waals surface area contributed by atoms with Crippen molar-refractivity contribution in [2.24, 2.45) is 22.7 Å². The number of carbonyl (C=O) groups excluding carboxylic acids is 1. The predicted octanol–water partition coefficient (Wildman–Crippen LogP) is 6.38. The quantitative estimate of drug-likeness (QED) is 0.275. The van der Waals surface area contributed by atoms with E-state index in [-0.39, 0.29) is 39.7 Å². The van der Waals surface area contributed by atoms with Gasteiger partial charge in [-0.1, -0.05) is 68.5 Å². The first kappa shape index (κ1) is 26.7. The van der Waals surface area contributed by atoms with Gasteiger partial charge >= 0.3 is 5.97 Å². The topological polar surface area (TPSA) is 49.7 Å². The molecule has 236 valence electrons. The van der Waals surface area contributed by atoms with Gasteiger partial charge in [0.15, 0.2) is 0 Å². The summed E-state index contributed by atoms with van der Waals surface area (Å²) in [6.45, 7) is 9.15. The summed E-state index contributed by atoms with van der Waals surface area (Å²) < 4.78 is 8.35. The Morgan fingerprint density at radius 2 is 1.89 bits per heavy atom. The highest BCUT2D eigenvalue weighted by molar-refractivity contribution is 5.87. The molecule has 9 unspecified atom stereocenters. The van der Waals surface area contributed by atoms with Gasteiger partial charge in [-0.2, -0.15) is 0 Å². The van der Waals surface area contributed by atoms with E-state index in [0.717, 1.165) is 58.3 Å². The lowest BCUT2D eigenvalue weighted by Gasteiger charge is -2.54. The zero-order valence-electron chi connectivity index (χ0n) is 27.3. The molecule has 0 amide bonds. The number of para-hydroxylation sites is 1. The van der Waals surface area contributed by atoms with Crippen LogP contribution in [-0.4, -0.2) is 65.2 Å². The first-order chi connectivity index (χ1) is 22.4. The monoisotopic (exact) mass is 612 g/mol. The number of carbonyl (C=O) groups is 1. The number of ether oxygens (including phenoxy) is 1. The zero-order chi connectivity index (χ0) is 30.8. The lowest BCUT2D eigenvalue weighted by atomic mass is 9.57. The second-order valence-corrected chi connectivity index (χ2v) is 16.0. The molecule has 2 bridgehead atoms. The third-order valence-electron chi connectivity index (χ3n) is 15.2. The van der Waals surface area contributed by atoms with E-state index in [0.29, 0.717) is 18.0 Å². The smallest absolute Gasteiger partial charge is 0.311 e. The lowest BCUT2D eigenvalue weighted by molar-refractivity contribution is -0.149. The van der Waals surface area contributed by atoms with Crippen LogP contribution in [0.2, 0.25) is 0 Å². The summed E-state index contributed by atoms with van der Waals surface area (Å²) in [6, 6.07) is 17.8. The molecular formula is C40H44N4O2. The highest BCUT2D eigenvalue weighted by atomic mass is 16.5. The summed E-state index contributed by atoms with van der Waals surface area (Å²) in [5.74, 6) is 0.142. The minimum atomic E-state index is -0.330. The van der Waals surface area contributed by atoms with Crippen LogP contribution < -0.4 is 5.32 Å². The van der Waals surface area contributed by atoms with Gasteiger partial charge in [-0.05, 0) is 73.4 Å². The first-order valence-electron chi connectivity index (χ1n) is 17.9. The molecule has 6 heteroatoms. The molecule has 2 aromatic carbocycles. The van der Waals surface area contributed by atoms with Gasteiger partial charge in [-0.25, -0.2) is 0 Å². The van der Waals surface area contributed by atoms with Gasteiger partial charge in [0.2, 0.25) is 0 Å². The SMILES string of the molecule is CCC12C=CCN3CCc4c(n(c5ccccc45)C(c4ccc5c(c4)C46CCN7CC=CC8(CC(C(=O)OC)C4(N5)C8C)C76)C1)C32. The molecule has 3 fully saturated rings. The summed E-state index contributed by atoms with van der Waals surface area (Å²) in [5, 5.41) is 5.61. The first-order valence-corrected chi connectivity index (χ1v) is 17.9. The van der Waals surface area contributed by atoms with Gasteiger partial charge in [0.25, 0.3) is 0 Å². The Morgan fingerprint density at radius 1 is 1.04 bits per heavy atom. The number of rotatable bonds is 3. The van der Waals surface area contributed by atoms with Crippen LogP contribution in [0.1, 0.15) is 74.0 Å². The fourth-order valence-electron chi connectivity index (χ4n) is 13.7. The van der Waals surface area contributed by atoms with Crippen molar-refractivity contribution in [3.8, 4) is 0 Å². The minimum Gasteiger partial charge on any atom is -0.469 e. The molecule has 8 aliphatic rings. The Bertz CT molecular complexity index is 1940. The number of aromatic nitrogens is 1. The Morgan fingerprint density at radius 3 is 2.76 bits per heavy atom. The molecule has 3 spiro atoms. The van der Waals surface area contributed by atoms with Crippen molar-refractivity contribution in [2.45, 2.75) is 75.0 Å². The maximum Gasteiger partial charge on any atom is 0.311 e. The van der Waals surface area contributed by atoms with Crippen molar-refractivity contribution in [1.29, 1.82) is 0 Å². The molecule has 3 aromatic rings. The molecule has 11 rings (SSSR count). The maximum absolute atomic E-state index is 13.7. The van der Waals surface area contributed by atoms with Crippen LogP contribution in [0, 0.1) is 22.7 Å². The molecule has 0 radical (unpaired) electrons. The number of hydrogen-bond acceptors (Lipinski definition) is 5. The number of esters is 1. The summed E-state index contributed by atoms with van der Waals surface area (Å²) in [6.07, 6.45) is 15.3. The lowest BCUT2D eigenvalue weighted by Crippen LogP contribution is -2.63. The van der Waals surface area contributed by atoms with Gasteiger partial charge in [-0.3, -0.25) is 14.6 Å². The van der Waals surface area contributed by atoms with Crippen molar-refractivity contribution in [1.82, 2.24) is 14.4 Å². The van der Waals surface area contributed by atoms with E-state index in [1.54, 1.807) is 18.4 Å².